The number of amides is 1. The summed E-state index contributed by atoms with van der Waals surface area (Å²) < 4.78 is 35.2. The van der Waals surface area contributed by atoms with Gasteiger partial charge in [-0.2, -0.15) is 8.78 Å². The van der Waals surface area contributed by atoms with Crippen LogP contribution in [0.25, 0.3) is 0 Å². The van der Waals surface area contributed by atoms with Crippen molar-refractivity contribution in [3.63, 3.8) is 0 Å². The van der Waals surface area contributed by atoms with Gasteiger partial charge in [-0.15, -0.1) is 24.0 Å². The molecule has 3 rings (SSSR count). The molecule has 1 saturated heterocycles. The maximum absolute atomic E-state index is 12.7. The molecule has 0 aliphatic carbocycles. The van der Waals surface area contributed by atoms with Crippen LogP contribution in [0.15, 0.2) is 52.1 Å². The molecule has 3 N–H and O–H groups in total. The number of nitrogens with one attached hydrogen (secondary N) is 3. The molecule has 1 aliphatic heterocycles. The number of aliphatic imine (C=N–C) groups is 1. The first-order valence-corrected chi connectivity index (χ1v) is 10.2. The lowest BCUT2D eigenvalue weighted by Crippen LogP contribution is -2.45. The molecule has 11 heteroatoms. The Hall–Kier alpha value is -2.57. The molecule has 2 heterocycles. The summed E-state index contributed by atoms with van der Waals surface area (Å²) in [5, 5.41) is 9.18. The van der Waals surface area contributed by atoms with E-state index < -0.39 is 6.61 Å². The maximum Gasteiger partial charge on any atom is 0.387 e. The molecule has 0 bridgehead atoms. The Morgan fingerprint density at radius 2 is 2.09 bits per heavy atom. The molecule has 1 unspecified atom stereocenters. The molecule has 1 aliphatic rings. The first-order chi connectivity index (χ1) is 15.0. The van der Waals surface area contributed by atoms with Crippen molar-refractivity contribution in [3.8, 4) is 5.75 Å². The van der Waals surface area contributed by atoms with E-state index in [2.05, 4.69) is 25.7 Å². The van der Waals surface area contributed by atoms with E-state index in [1.807, 2.05) is 11.8 Å². The number of nitrogens with zero attached hydrogens (tertiary/aromatic N) is 2. The fourth-order valence-corrected chi connectivity index (χ4v) is 3.33. The van der Waals surface area contributed by atoms with Gasteiger partial charge >= 0.3 is 6.61 Å². The second-order valence-electron chi connectivity index (χ2n) is 6.97. The van der Waals surface area contributed by atoms with Gasteiger partial charge in [-0.1, -0.05) is 12.1 Å². The SMILES string of the molecule is CCNC(=NCC(=O)NCc1ccco1)NC1CCN(c2ccccc2OC(F)F)C1.I. The molecule has 1 amide bonds. The Morgan fingerprint density at radius 1 is 1.28 bits per heavy atom. The smallest absolute Gasteiger partial charge is 0.387 e. The number of furan rings is 1. The third kappa shape index (κ3) is 7.84. The average molecular weight is 563 g/mol. The maximum atomic E-state index is 12.7. The van der Waals surface area contributed by atoms with Gasteiger partial charge in [0.05, 0.1) is 18.5 Å². The molecule has 0 radical (unpaired) electrons. The van der Waals surface area contributed by atoms with Gasteiger partial charge in [0.25, 0.3) is 0 Å². The minimum Gasteiger partial charge on any atom is -0.467 e. The number of guanidine groups is 1. The summed E-state index contributed by atoms with van der Waals surface area (Å²) in [6, 6.07) is 10.4. The molecule has 1 aromatic carbocycles. The average Bonchev–Trinajstić information content (AvgIpc) is 3.43. The molecule has 0 spiro atoms. The van der Waals surface area contributed by atoms with Gasteiger partial charge in [-0.05, 0) is 37.6 Å². The summed E-state index contributed by atoms with van der Waals surface area (Å²) in [6.07, 6.45) is 2.34. The minimum atomic E-state index is -2.87. The van der Waals surface area contributed by atoms with Crippen molar-refractivity contribution >= 4 is 41.5 Å². The van der Waals surface area contributed by atoms with Crippen LogP contribution < -0.4 is 25.6 Å². The summed E-state index contributed by atoms with van der Waals surface area (Å²) in [4.78, 5) is 18.4. The lowest BCUT2D eigenvalue weighted by Gasteiger charge is -2.22. The zero-order chi connectivity index (χ0) is 22.1. The number of hydrogen-bond donors (Lipinski definition) is 3. The van der Waals surface area contributed by atoms with Gasteiger partial charge < -0.3 is 30.0 Å². The van der Waals surface area contributed by atoms with Crippen LogP contribution in [0.1, 0.15) is 19.1 Å². The summed E-state index contributed by atoms with van der Waals surface area (Å²) in [7, 11) is 0. The van der Waals surface area contributed by atoms with E-state index in [0.29, 0.717) is 43.6 Å². The number of anilines is 1. The second-order valence-corrected chi connectivity index (χ2v) is 6.97. The number of para-hydroxylation sites is 2. The van der Waals surface area contributed by atoms with Crippen molar-refractivity contribution in [2.24, 2.45) is 4.99 Å². The van der Waals surface area contributed by atoms with Crippen molar-refractivity contribution < 1.29 is 22.7 Å². The molecule has 32 heavy (non-hydrogen) atoms. The lowest BCUT2D eigenvalue weighted by molar-refractivity contribution is -0.119. The number of ether oxygens (including phenoxy) is 1. The van der Waals surface area contributed by atoms with Crippen molar-refractivity contribution in [2.45, 2.75) is 32.5 Å². The summed E-state index contributed by atoms with van der Waals surface area (Å²) in [5.74, 6) is 1.14. The molecule has 176 valence electrons. The quantitative estimate of drug-likeness (QED) is 0.247. The monoisotopic (exact) mass is 563 g/mol. The van der Waals surface area contributed by atoms with Crippen molar-refractivity contribution in [2.75, 3.05) is 31.1 Å². The highest BCUT2D eigenvalue weighted by Crippen LogP contribution is 2.31. The Morgan fingerprint density at radius 3 is 2.81 bits per heavy atom. The van der Waals surface area contributed by atoms with E-state index in [4.69, 9.17) is 4.42 Å². The van der Waals surface area contributed by atoms with E-state index in [1.165, 1.54) is 6.07 Å². The van der Waals surface area contributed by atoms with Gasteiger partial charge in [0.15, 0.2) is 5.96 Å². The van der Waals surface area contributed by atoms with Crippen molar-refractivity contribution in [1.82, 2.24) is 16.0 Å². The minimum absolute atomic E-state index is 0. The molecule has 8 nitrogen and oxygen atoms in total. The molecule has 0 saturated carbocycles. The van der Waals surface area contributed by atoms with Crippen LogP contribution in [-0.2, 0) is 11.3 Å². The number of halogens is 3. The molecule has 1 fully saturated rings. The van der Waals surface area contributed by atoms with E-state index in [1.54, 1.807) is 36.6 Å². The van der Waals surface area contributed by atoms with E-state index in [-0.39, 0.29) is 48.2 Å². The third-order valence-corrected chi connectivity index (χ3v) is 4.72. The van der Waals surface area contributed by atoms with Crippen molar-refractivity contribution in [3.05, 3.63) is 48.4 Å². The molecular weight excluding hydrogens is 535 g/mol. The molecule has 1 aromatic heterocycles. The van der Waals surface area contributed by atoms with Gasteiger partial charge in [0.1, 0.15) is 18.1 Å². The number of benzene rings is 1. The first kappa shape index (κ1) is 25.7. The van der Waals surface area contributed by atoms with Crippen LogP contribution in [0.5, 0.6) is 5.75 Å². The molecule has 2 aromatic rings. The highest BCUT2D eigenvalue weighted by molar-refractivity contribution is 14.0. The van der Waals surface area contributed by atoms with E-state index in [0.717, 1.165) is 6.42 Å². The van der Waals surface area contributed by atoms with Crippen LogP contribution >= 0.6 is 24.0 Å². The normalized spacial score (nSPS) is 15.9. The molecular formula is C21H28F2IN5O3. The predicted octanol–water partition coefficient (Wildman–Crippen LogP) is 2.95. The second kappa shape index (κ2) is 13.1. The summed E-state index contributed by atoms with van der Waals surface area (Å²) in [6.45, 7) is 1.27. The number of hydrogen-bond acceptors (Lipinski definition) is 5. The van der Waals surface area contributed by atoms with Crippen LogP contribution in [0, 0.1) is 0 Å². The third-order valence-electron chi connectivity index (χ3n) is 4.72. The van der Waals surface area contributed by atoms with Gasteiger partial charge in [0, 0.05) is 25.7 Å². The zero-order valence-corrected chi connectivity index (χ0v) is 20.1. The Balaban J connectivity index is 0.00000363. The number of alkyl halides is 2. The Bertz CT molecular complexity index is 867. The fraction of sp³-hybridized carbons (Fsp3) is 0.429. The van der Waals surface area contributed by atoms with Crippen LogP contribution in [0.3, 0.4) is 0 Å². The van der Waals surface area contributed by atoms with Crippen LogP contribution in [0.4, 0.5) is 14.5 Å². The van der Waals surface area contributed by atoms with E-state index in [9.17, 15) is 13.6 Å². The number of carbonyl (C=O) groups excluding carboxylic acids is 1. The summed E-state index contributed by atoms with van der Waals surface area (Å²) >= 11 is 0. The summed E-state index contributed by atoms with van der Waals surface area (Å²) in [5.41, 5.74) is 0.631. The van der Waals surface area contributed by atoms with Crippen molar-refractivity contribution in [1.29, 1.82) is 0 Å². The van der Waals surface area contributed by atoms with Gasteiger partial charge in [-0.3, -0.25) is 4.79 Å². The number of carbonyl (C=O) groups is 1. The fourth-order valence-electron chi connectivity index (χ4n) is 3.33. The van der Waals surface area contributed by atoms with Crippen LogP contribution in [0.2, 0.25) is 0 Å². The zero-order valence-electron chi connectivity index (χ0n) is 17.7. The van der Waals surface area contributed by atoms with Gasteiger partial charge in [-0.25, -0.2) is 4.99 Å². The standard InChI is InChI=1S/C21H27F2N5O3.HI/c1-2-24-21(26-13-19(29)25-12-16-6-5-11-30-16)27-15-9-10-28(14-15)17-7-3-4-8-18(17)31-20(22)23;/h3-8,11,15,20H,2,9-10,12-14H2,1H3,(H,25,29)(H2,24,26,27);1H. The highest BCUT2D eigenvalue weighted by atomic mass is 127. The molecule has 1 atom stereocenters. The lowest BCUT2D eigenvalue weighted by atomic mass is 10.2. The topological polar surface area (TPSA) is 91.1 Å². The largest absolute Gasteiger partial charge is 0.467 e. The Kier molecular flexibility index (Phi) is 10.5. The van der Waals surface area contributed by atoms with Crippen LogP contribution in [-0.4, -0.2) is 50.7 Å². The van der Waals surface area contributed by atoms with E-state index >= 15 is 0 Å². The highest BCUT2D eigenvalue weighted by Gasteiger charge is 2.26. The number of rotatable bonds is 9. The van der Waals surface area contributed by atoms with Gasteiger partial charge in [0.2, 0.25) is 5.91 Å². The first-order valence-electron chi connectivity index (χ1n) is 10.2. The Labute approximate surface area is 202 Å². The predicted molar refractivity (Wildman–Crippen MR) is 129 cm³/mol.